The van der Waals surface area contributed by atoms with Crippen molar-refractivity contribution < 1.29 is 14.6 Å². The van der Waals surface area contributed by atoms with Gasteiger partial charge in [-0.05, 0) is 63.8 Å². The number of nitrogens with one attached hydrogen (secondary N) is 6. The van der Waals surface area contributed by atoms with E-state index < -0.39 is 0 Å². The van der Waals surface area contributed by atoms with Crippen LogP contribution in [0.4, 0.5) is 0 Å². The highest BCUT2D eigenvalue weighted by Crippen LogP contribution is 2.39. The molecule has 0 bridgehead atoms. The molecule has 5 aliphatic rings. The molecule has 0 aromatic rings. The summed E-state index contributed by atoms with van der Waals surface area (Å²) < 4.78 is 5.71. The highest BCUT2D eigenvalue weighted by molar-refractivity contribution is 5.79. The van der Waals surface area contributed by atoms with Crippen LogP contribution in [-0.4, -0.2) is 92.0 Å². The SMILES string of the molecule is O=C(NC1(C2CCCCC2)CCOCC1)C1CCCC(NCC2NNC(C3CCNCN3)N2CCO)C1. The Labute approximate surface area is 222 Å². The fourth-order valence-electron chi connectivity index (χ4n) is 7.64. The lowest BCUT2D eigenvalue weighted by atomic mass is 9.70. The number of nitrogens with zero attached hydrogens (tertiary/aromatic N) is 1. The minimum Gasteiger partial charge on any atom is -0.395 e. The van der Waals surface area contributed by atoms with Crippen LogP contribution in [0.1, 0.15) is 77.0 Å². The summed E-state index contributed by atoms with van der Waals surface area (Å²) in [5.41, 5.74) is 6.87. The monoisotopic (exact) mass is 521 g/mol. The summed E-state index contributed by atoms with van der Waals surface area (Å²) in [5.74, 6) is 0.968. The number of aliphatic hydroxyl groups is 1. The molecule has 1 amide bonds. The lowest BCUT2D eigenvalue weighted by molar-refractivity contribution is -0.131. The number of aliphatic hydroxyl groups excluding tert-OH is 1. The molecule has 7 N–H and O–H groups in total. The maximum Gasteiger partial charge on any atom is 0.223 e. The standard InChI is InChI=1S/C27H51N7O3/c35-14-13-34-24(32-33-25(34)23-9-12-28-19-30-23)18-29-22-8-4-5-20(17-22)26(36)31-27(10-15-37-16-11-27)21-6-2-1-3-7-21/h20-25,28-30,32-33,35H,1-19H2,(H,31,36). The van der Waals surface area contributed by atoms with E-state index in [-0.39, 0.29) is 36.3 Å². The second-order valence-corrected chi connectivity index (χ2v) is 12.0. The number of β-amino-alcohol motifs (C(OH)–C–C–N with tert-alkyl or cyclic N) is 1. The Kier molecular flexibility index (Phi) is 10.1. The van der Waals surface area contributed by atoms with Crippen molar-refractivity contribution in [2.24, 2.45) is 11.8 Å². The predicted octanol–water partition coefficient (Wildman–Crippen LogP) is 0.344. The number of carbonyl (C=O) groups is 1. The molecule has 3 heterocycles. The molecule has 0 aromatic carbocycles. The highest BCUT2D eigenvalue weighted by Gasteiger charge is 2.43. The van der Waals surface area contributed by atoms with Crippen molar-refractivity contribution in [3.05, 3.63) is 0 Å². The third-order valence-electron chi connectivity index (χ3n) is 9.80. The van der Waals surface area contributed by atoms with Crippen LogP contribution in [0.2, 0.25) is 0 Å². The van der Waals surface area contributed by atoms with Crippen molar-refractivity contribution in [3.63, 3.8) is 0 Å². The number of ether oxygens (including phenoxy) is 1. The average molecular weight is 522 g/mol. The van der Waals surface area contributed by atoms with Crippen molar-refractivity contribution >= 4 is 5.91 Å². The first-order valence-corrected chi connectivity index (χ1v) is 15.1. The Morgan fingerprint density at radius 3 is 2.62 bits per heavy atom. The highest BCUT2D eigenvalue weighted by atomic mass is 16.5. The quantitative estimate of drug-likeness (QED) is 0.230. The third kappa shape index (κ3) is 6.84. The van der Waals surface area contributed by atoms with Crippen LogP contribution in [0.5, 0.6) is 0 Å². The fourth-order valence-corrected chi connectivity index (χ4v) is 7.64. The van der Waals surface area contributed by atoms with Gasteiger partial charge in [0, 0.05) is 56.5 Å². The van der Waals surface area contributed by atoms with E-state index in [0.717, 1.165) is 77.9 Å². The van der Waals surface area contributed by atoms with Crippen LogP contribution in [0.15, 0.2) is 0 Å². The smallest absolute Gasteiger partial charge is 0.223 e. The van der Waals surface area contributed by atoms with E-state index in [2.05, 4.69) is 37.0 Å². The van der Waals surface area contributed by atoms with E-state index in [0.29, 0.717) is 24.5 Å². The van der Waals surface area contributed by atoms with Crippen molar-refractivity contribution in [1.82, 2.24) is 37.0 Å². The van der Waals surface area contributed by atoms with Gasteiger partial charge in [-0.3, -0.25) is 15.0 Å². The predicted molar refractivity (Wildman–Crippen MR) is 143 cm³/mol. The lowest BCUT2D eigenvalue weighted by Gasteiger charge is -2.46. The number of carbonyl (C=O) groups excluding carboxylic acids is 1. The number of hydrazine groups is 1. The summed E-state index contributed by atoms with van der Waals surface area (Å²) in [6.07, 6.45) is 13.8. The van der Waals surface area contributed by atoms with Crippen molar-refractivity contribution in [2.45, 2.75) is 107 Å². The van der Waals surface area contributed by atoms with Gasteiger partial charge in [-0.25, -0.2) is 10.9 Å². The average Bonchev–Trinajstić information content (AvgIpc) is 3.36. The Balaban J connectivity index is 1.14. The van der Waals surface area contributed by atoms with Crippen LogP contribution in [0.3, 0.4) is 0 Å². The number of rotatable bonds is 9. The lowest BCUT2D eigenvalue weighted by Crippen LogP contribution is -2.59. The molecule has 10 heteroatoms. The molecule has 5 atom stereocenters. The van der Waals surface area contributed by atoms with E-state index in [1.54, 1.807) is 0 Å². The molecule has 5 rings (SSSR count). The van der Waals surface area contributed by atoms with Gasteiger partial charge in [0.25, 0.3) is 0 Å². The summed E-state index contributed by atoms with van der Waals surface area (Å²) >= 11 is 0. The molecular weight excluding hydrogens is 470 g/mol. The zero-order valence-corrected chi connectivity index (χ0v) is 22.6. The second-order valence-electron chi connectivity index (χ2n) is 12.0. The Morgan fingerprint density at radius 1 is 1.03 bits per heavy atom. The Morgan fingerprint density at radius 2 is 1.86 bits per heavy atom. The molecule has 5 fully saturated rings. The molecule has 10 nitrogen and oxygen atoms in total. The summed E-state index contributed by atoms with van der Waals surface area (Å²) in [5, 5.41) is 24.0. The van der Waals surface area contributed by atoms with Gasteiger partial charge in [0.05, 0.1) is 18.9 Å². The molecular formula is C27H51N7O3. The van der Waals surface area contributed by atoms with Gasteiger partial charge < -0.3 is 25.8 Å². The first-order chi connectivity index (χ1) is 18.2. The molecule has 2 aliphatic carbocycles. The molecule has 3 aliphatic heterocycles. The molecule has 37 heavy (non-hydrogen) atoms. The number of hydrogen-bond donors (Lipinski definition) is 7. The van der Waals surface area contributed by atoms with E-state index in [1.165, 1.54) is 32.1 Å². The van der Waals surface area contributed by atoms with Gasteiger partial charge in [-0.2, -0.15) is 0 Å². The van der Waals surface area contributed by atoms with Crippen LogP contribution in [0.25, 0.3) is 0 Å². The zero-order valence-electron chi connectivity index (χ0n) is 22.6. The first kappa shape index (κ1) is 27.7. The van der Waals surface area contributed by atoms with Crippen molar-refractivity contribution in [3.8, 4) is 0 Å². The van der Waals surface area contributed by atoms with Gasteiger partial charge in [-0.15, -0.1) is 0 Å². The Hall–Kier alpha value is -0.850. The minimum atomic E-state index is -0.0575. The molecule has 3 saturated heterocycles. The maximum atomic E-state index is 13.6. The summed E-state index contributed by atoms with van der Waals surface area (Å²) in [6.45, 7) is 4.92. The molecule has 0 radical (unpaired) electrons. The van der Waals surface area contributed by atoms with E-state index in [1.807, 2.05) is 0 Å². The van der Waals surface area contributed by atoms with Crippen molar-refractivity contribution in [2.75, 3.05) is 46.1 Å². The summed E-state index contributed by atoms with van der Waals surface area (Å²) in [6, 6.07) is 0.688. The van der Waals surface area contributed by atoms with Gasteiger partial charge in [0.15, 0.2) is 0 Å². The number of hydrogen-bond acceptors (Lipinski definition) is 9. The van der Waals surface area contributed by atoms with Crippen LogP contribution in [0, 0.1) is 11.8 Å². The van der Waals surface area contributed by atoms with E-state index in [4.69, 9.17) is 4.74 Å². The Bertz CT molecular complexity index is 710. The van der Waals surface area contributed by atoms with Crippen LogP contribution in [-0.2, 0) is 9.53 Å². The van der Waals surface area contributed by atoms with Crippen LogP contribution >= 0.6 is 0 Å². The number of amides is 1. The summed E-state index contributed by atoms with van der Waals surface area (Å²) in [4.78, 5) is 16.0. The third-order valence-corrected chi connectivity index (χ3v) is 9.80. The topological polar surface area (TPSA) is 122 Å². The van der Waals surface area contributed by atoms with Gasteiger partial charge >= 0.3 is 0 Å². The van der Waals surface area contributed by atoms with Gasteiger partial charge in [0.1, 0.15) is 0 Å². The molecule has 212 valence electrons. The van der Waals surface area contributed by atoms with E-state index >= 15 is 0 Å². The van der Waals surface area contributed by atoms with Crippen LogP contribution < -0.4 is 32.1 Å². The first-order valence-electron chi connectivity index (χ1n) is 15.1. The molecule has 0 aromatic heterocycles. The molecule has 5 unspecified atom stereocenters. The van der Waals surface area contributed by atoms with Gasteiger partial charge in [-0.1, -0.05) is 25.7 Å². The largest absolute Gasteiger partial charge is 0.395 e. The summed E-state index contributed by atoms with van der Waals surface area (Å²) in [7, 11) is 0. The normalized spacial score (nSPS) is 35.9. The van der Waals surface area contributed by atoms with Gasteiger partial charge in [0.2, 0.25) is 5.91 Å². The van der Waals surface area contributed by atoms with E-state index in [9.17, 15) is 9.90 Å². The fraction of sp³-hybridized carbons (Fsp3) is 0.963. The maximum absolute atomic E-state index is 13.6. The molecule has 2 saturated carbocycles. The minimum absolute atomic E-state index is 0.0575. The zero-order chi connectivity index (χ0) is 25.5. The van der Waals surface area contributed by atoms with Crippen molar-refractivity contribution in [1.29, 1.82) is 0 Å². The second kappa shape index (κ2) is 13.5. The molecule has 0 spiro atoms.